The SMILES string of the molecule is C=C(COC(C(F)(F)F)C(F)(F)F)C(=O)OC. The molecule has 0 heterocycles. The summed E-state index contributed by atoms with van der Waals surface area (Å²) in [6, 6.07) is 0. The largest absolute Gasteiger partial charge is 0.466 e. The van der Waals surface area contributed by atoms with Crippen LogP contribution in [0.15, 0.2) is 12.2 Å². The molecule has 0 rings (SSSR count). The Labute approximate surface area is 92.0 Å². The van der Waals surface area contributed by atoms with Gasteiger partial charge in [-0.3, -0.25) is 0 Å². The van der Waals surface area contributed by atoms with Gasteiger partial charge >= 0.3 is 18.3 Å². The van der Waals surface area contributed by atoms with Crippen molar-refractivity contribution >= 4 is 5.97 Å². The molecule has 17 heavy (non-hydrogen) atoms. The number of carbonyl (C=O) groups excluding carboxylic acids is 1. The minimum absolute atomic E-state index is 0.647. The first kappa shape index (κ1) is 15.8. The molecule has 100 valence electrons. The van der Waals surface area contributed by atoms with E-state index < -0.39 is 36.6 Å². The van der Waals surface area contributed by atoms with Crippen LogP contribution in [0.25, 0.3) is 0 Å². The molecule has 0 saturated heterocycles. The fourth-order valence-corrected chi connectivity index (χ4v) is 0.762. The van der Waals surface area contributed by atoms with E-state index >= 15 is 0 Å². The van der Waals surface area contributed by atoms with Crippen LogP contribution < -0.4 is 0 Å². The molecule has 9 heteroatoms. The van der Waals surface area contributed by atoms with Crippen LogP contribution in [0.3, 0.4) is 0 Å². The highest BCUT2D eigenvalue weighted by atomic mass is 19.4. The highest BCUT2D eigenvalue weighted by Gasteiger charge is 2.58. The molecule has 0 aromatic heterocycles. The molecule has 0 aliphatic rings. The molecule has 0 unspecified atom stereocenters. The van der Waals surface area contributed by atoms with E-state index in [1.807, 2.05) is 0 Å². The van der Waals surface area contributed by atoms with Gasteiger partial charge in [0.05, 0.1) is 19.3 Å². The highest BCUT2D eigenvalue weighted by molar-refractivity contribution is 5.87. The summed E-state index contributed by atoms with van der Waals surface area (Å²) in [6.45, 7) is 1.70. The van der Waals surface area contributed by atoms with E-state index in [-0.39, 0.29) is 0 Å². The van der Waals surface area contributed by atoms with Crippen LogP contribution in [0.4, 0.5) is 26.3 Å². The van der Waals surface area contributed by atoms with Crippen molar-refractivity contribution in [1.82, 2.24) is 0 Å². The molecule has 0 atom stereocenters. The molecule has 0 N–H and O–H groups in total. The van der Waals surface area contributed by atoms with E-state index in [0.29, 0.717) is 0 Å². The minimum Gasteiger partial charge on any atom is -0.466 e. The van der Waals surface area contributed by atoms with Crippen LogP contribution in [0.5, 0.6) is 0 Å². The Morgan fingerprint density at radius 3 is 1.88 bits per heavy atom. The van der Waals surface area contributed by atoms with E-state index in [1.54, 1.807) is 0 Å². The van der Waals surface area contributed by atoms with Crippen LogP contribution in [0, 0.1) is 0 Å². The van der Waals surface area contributed by atoms with Crippen molar-refractivity contribution in [2.75, 3.05) is 13.7 Å². The molecule has 0 radical (unpaired) electrons. The third-order valence-electron chi connectivity index (χ3n) is 1.49. The topological polar surface area (TPSA) is 35.5 Å². The number of rotatable bonds is 4. The third kappa shape index (κ3) is 5.07. The van der Waals surface area contributed by atoms with Gasteiger partial charge < -0.3 is 9.47 Å². The van der Waals surface area contributed by atoms with Crippen LogP contribution >= 0.6 is 0 Å². The van der Waals surface area contributed by atoms with Crippen LogP contribution in [-0.4, -0.2) is 38.1 Å². The summed E-state index contributed by atoms with van der Waals surface area (Å²) in [5.74, 6) is -1.15. The standard InChI is InChI=1S/C8H8F6O3/c1-4(5(15)16-2)3-17-6(7(9,10)11)8(12,13)14/h6H,1,3H2,2H3. The number of alkyl halides is 6. The lowest BCUT2D eigenvalue weighted by Gasteiger charge is -2.23. The second-order valence-electron chi connectivity index (χ2n) is 2.87. The summed E-state index contributed by atoms with van der Waals surface area (Å²) >= 11 is 0. The van der Waals surface area contributed by atoms with E-state index in [0.717, 1.165) is 7.11 Å². The quantitative estimate of drug-likeness (QED) is 0.444. The normalized spacial score (nSPS) is 12.7. The average molecular weight is 266 g/mol. The first-order valence-electron chi connectivity index (χ1n) is 4.01. The van der Waals surface area contributed by atoms with Crippen molar-refractivity contribution in [3.05, 3.63) is 12.2 Å². The first-order chi connectivity index (χ1) is 7.50. The second-order valence-corrected chi connectivity index (χ2v) is 2.87. The Kier molecular flexibility index (Phi) is 4.99. The number of ether oxygens (including phenoxy) is 2. The zero-order valence-electron chi connectivity index (χ0n) is 8.48. The second kappa shape index (κ2) is 5.39. The van der Waals surface area contributed by atoms with E-state index in [9.17, 15) is 31.1 Å². The Bertz CT molecular complexity index is 279. The molecule has 0 aromatic carbocycles. The minimum atomic E-state index is -5.62. The fraction of sp³-hybridized carbons (Fsp3) is 0.625. The average Bonchev–Trinajstić information content (AvgIpc) is 2.12. The van der Waals surface area contributed by atoms with E-state index in [4.69, 9.17) is 0 Å². The summed E-state index contributed by atoms with van der Waals surface area (Å²) in [4.78, 5) is 10.7. The molecule has 0 spiro atoms. The molecule has 0 aliphatic heterocycles. The van der Waals surface area contributed by atoms with E-state index in [1.165, 1.54) is 0 Å². The molecule has 0 amide bonds. The molecule has 0 fully saturated rings. The van der Waals surface area contributed by atoms with Gasteiger partial charge in [0.1, 0.15) is 0 Å². The molecule has 0 saturated carbocycles. The summed E-state index contributed by atoms with van der Waals surface area (Å²) < 4.78 is 79.4. The highest BCUT2D eigenvalue weighted by Crippen LogP contribution is 2.35. The van der Waals surface area contributed by atoms with Gasteiger partial charge in [0.2, 0.25) is 6.10 Å². The zero-order chi connectivity index (χ0) is 13.9. The van der Waals surface area contributed by atoms with Crippen molar-refractivity contribution in [1.29, 1.82) is 0 Å². The maximum absolute atomic E-state index is 12.0. The number of esters is 1. The predicted molar refractivity (Wildman–Crippen MR) is 43.0 cm³/mol. The molecular weight excluding hydrogens is 258 g/mol. The van der Waals surface area contributed by atoms with Gasteiger partial charge in [-0.2, -0.15) is 26.3 Å². The van der Waals surface area contributed by atoms with Crippen LogP contribution in [-0.2, 0) is 14.3 Å². The van der Waals surface area contributed by atoms with Gasteiger partial charge in [-0.25, -0.2) is 4.79 Å². The van der Waals surface area contributed by atoms with Gasteiger partial charge in [0.15, 0.2) is 0 Å². The van der Waals surface area contributed by atoms with Crippen LogP contribution in [0.1, 0.15) is 0 Å². The van der Waals surface area contributed by atoms with Crippen molar-refractivity contribution in [2.24, 2.45) is 0 Å². The van der Waals surface area contributed by atoms with Crippen LogP contribution in [0.2, 0.25) is 0 Å². The van der Waals surface area contributed by atoms with Crippen molar-refractivity contribution in [2.45, 2.75) is 18.5 Å². The fourth-order valence-electron chi connectivity index (χ4n) is 0.762. The summed E-state index contributed by atoms with van der Waals surface area (Å²) in [5.41, 5.74) is -0.647. The maximum Gasteiger partial charge on any atom is 0.423 e. The lowest BCUT2D eigenvalue weighted by atomic mass is 10.3. The molecule has 0 aliphatic carbocycles. The monoisotopic (exact) mass is 266 g/mol. The van der Waals surface area contributed by atoms with Gasteiger partial charge in [-0.1, -0.05) is 6.58 Å². The van der Waals surface area contributed by atoms with Gasteiger partial charge in [-0.15, -0.1) is 0 Å². The van der Waals surface area contributed by atoms with Gasteiger partial charge in [0.25, 0.3) is 0 Å². The third-order valence-corrected chi connectivity index (χ3v) is 1.49. The van der Waals surface area contributed by atoms with Crippen molar-refractivity contribution < 1.29 is 40.6 Å². The van der Waals surface area contributed by atoms with Crippen molar-refractivity contribution in [3.8, 4) is 0 Å². The predicted octanol–water partition coefficient (Wildman–Crippen LogP) is 2.23. The summed E-state index contributed by atoms with van der Waals surface area (Å²) in [5, 5.41) is 0. The molecule has 3 nitrogen and oxygen atoms in total. The molecular formula is C8H8F6O3. The smallest absolute Gasteiger partial charge is 0.423 e. The Balaban J connectivity index is 4.60. The van der Waals surface area contributed by atoms with Gasteiger partial charge in [0, 0.05) is 0 Å². The zero-order valence-corrected chi connectivity index (χ0v) is 8.48. The van der Waals surface area contributed by atoms with Gasteiger partial charge in [-0.05, 0) is 0 Å². The summed E-state index contributed by atoms with van der Waals surface area (Å²) in [6.07, 6.45) is -15.2. The number of methoxy groups -OCH3 is 1. The maximum atomic E-state index is 12.0. The molecule has 0 bridgehead atoms. The Morgan fingerprint density at radius 1 is 1.18 bits per heavy atom. The summed E-state index contributed by atoms with van der Waals surface area (Å²) in [7, 11) is 0.901. The lowest BCUT2D eigenvalue weighted by Crippen LogP contribution is -2.44. The first-order valence-corrected chi connectivity index (χ1v) is 4.01. The number of carbonyl (C=O) groups is 1. The molecule has 0 aromatic rings. The number of hydrogen-bond acceptors (Lipinski definition) is 3. The Morgan fingerprint density at radius 2 is 1.59 bits per heavy atom. The van der Waals surface area contributed by atoms with E-state index in [2.05, 4.69) is 16.1 Å². The van der Waals surface area contributed by atoms with Crippen molar-refractivity contribution in [3.63, 3.8) is 0 Å². The Hall–Kier alpha value is -1.25. The lowest BCUT2D eigenvalue weighted by molar-refractivity contribution is -0.319. The number of halogens is 6. The number of hydrogen-bond donors (Lipinski definition) is 0.